The second-order valence-corrected chi connectivity index (χ2v) is 8.37. The molecule has 2 heterocycles. The Balaban J connectivity index is 1.86. The van der Waals surface area contributed by atoms with Gasteiger partial charge >= 0.3 is 0 Å². The van der Waals surface area contributed by atoms with Crippen molar-refractivity contribution in [3.63, 3.8) is 0 Å². The number of anilines is 2. The van der Waals surface area contributed by atoms with E-state index in [-0.39, 0.29) is 18.3 Å². The van der Waals surface area contributed by atoms with E-state index in [1.54, 1.807) is 23.1 Å². The first kappa shape index (κ1) is 21.5. The first-order valence-electron chi connectivity index (χ1n) is 10.4. The molecule has 1 aromatic heterocycles. The molecule has 0 saturated heterocycles. The number of hydrogen-bond acceptors (Lipinski definition) is 5. The van der Waals surface area contributed by atoms with E-state index in [4.69, 9.17) is 10.7 Å². The lowest BCUT2D eigenvalue weighted by Crippen LogP contribution is -2.53. The number of rotatable bonds is 4. The van der Waals surface area contributed by atoms with Crippen LogP contribution in [0.2, 0.25) is 0 Å². The van der Waals surface area contributed by atoms with E-state index < -0.39 is 5.54 Å². The highest BCUT2D eigenvalue weighted by atomic mass is 19.1. The van der Waals surface area contributed by atoms with Gasteiger partial charge in [0.05, 0.1) is 23.7 Å². The summed E-state index contributed by atoms with van der Waals surface area (Å²) < 4.78 is 15.6. The summed E-state index contributed by atoms with van der Waals surface area (Å²) >= 11 is 0. The fourth-order valence-electron chi connectivity index (χ4n) is 4.22. The van der Waals surface area contributed by atoms with Gasteiger partial charge in [0.1, 0.15) is 23.2 Å². The minimum atomic E-state index is -0.677. The molecule has 3 N–H and O–H groups in total. The number of imidazole rings is 1. The SMILES string of the molecule is Cc1cc(Nc2c(-c3ccc(F)cc3)nc3n2CCN(C(=O)CN)C3(C)C)ccc1C#N. The maximum atomic E-state index is 13.6. The zero-order chi connectivity index (χ0) is 23.0. The van der Waals surface area contributed by atoms with Gasteiger partial charge in [0, 0.05) is 24.3 Å². The molecule has 8 heteroatoms. The zero-order valence-electron chi connectivity index (χ0n) is 18.3. The summed E-state index contributed by atoms with van der Waals surface area (Å²) in [6.45, 7) is 6.75. The topological polar surface area (TPSA) is 100.0 Å². The molecule has 0 fully saturated rings. The summed E-state index contributed by atoms with van der Waals surface area (Å²) in [5, 5.41) is 12.7. The average Bonchev–Trinajstić information content (AvgIpc) is 3.13. The van der Waals surface area contributed by atoms with Gasteiger partial charge in [-0.05, 0) is 68.8 Å². The molecule has 3 aromatic rings. The first-order valence-corrected chi connectivity index (χ1v) is 10.4. The minimum absolute atomic E-state index is 0.0649. The molecule has 0 spiro atoms. The Morgan fingerprint density at radius 2 is 1.97 bits per heavy atom. The maximum absolute atomic E-state index is 13.6. The van der Waals surface area contributed by atoms with E-state index in [1.165, 1.54) is 12.1 Å². The third kappa shape index (κ3) is 3.61. The van der Waals surface area contributed by atoms with Gasteiger partial charge in [-0.3, -0.25) is 4.79 Å². The Kier molecular flexibility index (Phi) is 5.45. The van der Waals surface area contributed by atoms with Crippen LogP contribution in [-0.4, -0.2) is 33.4 Å². The van der Waals surface area contributed by atoms with Crippen LogP contribution >= 0.6 is 0 Å². The van der Waals surface area contributed by atoms with Crippen LogP contribution in [-0.2, 0) is 16.9 Å². The van der Waals surface area contributed by atoms with Crippen LogP contribution in [0.3, 0.4) is 0 Å². The number of nitrogens with one attached hydrogen (secondary N) is 1. The fraction of sp³-hybridized carbons (Fsp3) is 0.292. The molecule has 1 aliphatic rings. The van der Waals surface area contributed by atoms with Crippen molar-refractivity contribution >= 4 is 17.4 Å². The highest BCUT2D eigenvalue weighted by molar-refractivity contribution is 5.80. The number of halogens is 1. The van der Waals surface area contributed by atoms with Crippen molar-refractivity contribution in [2.75, 3.05) is 18.4 Å². The van der Waals surface area contributed by atoms with E-state index in [0.717, 1.165) is 28.5 Å². The van der Waals surface area contributed by atoms with Crippen molar-refractivity contribution in [1.29, 1.82) is 5.26 Å². The van der Waals surface area contributed by atoms with E-state index in [1.807, 2.05) is 32.9 Å². The highest BCUT2D eigenvalue weighted by Gasteiger charge is 2.41. The number of carbonyl (C=O) groups excluding carboxylic acids is 1. The monoisotopic (exact) mass is 432 g/mol. The molecule has 0 radical (unpaired) electrons. The molecule has 2 aromatic carbocycles. The first-order chi connectivity index (χ1) is 15.3. The van der Waals surface area contributed by atoms with Crippen LogP contribution in [0.1, 0.15) is 30.8 Å². The fourth-order valence-corrected chi connectivity index (χ4v) is 4.22. The largest absolute Gasteiger partial charge is 0.340 e. The van der Waals surface area contributed by atoms with Crippen LogP contribution in [0.25, 0.3) is 11.3 Å². The molecule has 0 atom stereocenters. The lowest BCUT2D eigenvalue weighted by molar-refractivity contribution is -0.137. The lowest BCUT2D eigenvalue weighted by atomic mass is 9.99. The summed E-state index contributed by atoms with van der Waals surface area (Å²) in [5.41, 5.74) is 8.66. The molecule has 1 aliphatic heterocycles. The normalized spacial score (nSPS) is 14.6. The zero-order valence-corrected chi connectivity index (χ0v) is 18.3. The van der Waals surface area contributed by atoms with E-state index in [0.29, 0.717) is 24.3 Å². The Hall–Kier alpha value is -3.70. The molecule has 1 amide bonds. The van der Waals surface area contributed by atoms with Crippen molar-refractivity contribution in [3.05, 3.63) is 65.2 Å². The van der Waals surface area contributed by atoms with Gasteiger partial charge in [-0.15, -0.1) is 0 Å². The molecule has 7 nitrogen and oxygen atoms in total. The molecule has 0 bridgehead atoms. The Bertz CT molecular complexity index is 1220. The summed E-state index contributed by atoms with van der Waals surface area (Å²) in [6, 6.07) is 13.9. The summed E-state index contributed by atoms with van der Waals surface area (Å²) in [5.74, 6) is 1.01. The van der Waals surface area contributed by atoms with Crippen molar-refractivity contribution in [2.45, 2.75) is 32.9 Å². The van der Waals surface area contributed by atoms with Gasteiger partial charge in [-0.25, -0.2) is 9.37 Å². The Morgan fingerprint density at radius 3 is 2.59 bits per heavy atom. The maximum Gasteiger partial charge on any atom is 0.237 e. The smallest absolute Gasteiger partial charge is 0.237 e. The molecule has 164 valence electrons. The van der Waals surface area contributed by atoms with Gasteiger partial charge in [-0.2, -0.15) is 5.26 Å². The number of nitriles is 1. The van der Waals surface area contributed by atoms with E-state index in [2.05, 4.69) is 16.0 Å². The quantitative estimate of drug-likeness (QED) is 0.656. The highest BCUT2D eigenvalue weighted by Crippen LogP contribution is 2.39. The number of benzene rings is 2. The van der Waals surface area contributed by atoms with Crippen molar-refractivity contribution < 1.29 is 9.18 Å². The number of nitrogens with two attached hydrogens (primary N) is 1. The Labute approximate surface area is 186 Å². The van der Waals surface area contributed by atoms with Crippen molar-refractivity contribution in [1.82, 2.24) is 14.5 Å². The van der Waals surface area contributed by atoms with Crippen LogP contribution in [0, 0.1) is 24.1 Å². The van der Waals surface area contributed by atoms with Gasteiger partial charge in [-0.1, -0.05) is 0 Å². The number of hydrogen-bond donors (Lipinski definition) is 2. The molecule has 32 heavy (non-hydrogen) atoms. The minimum Gasteiger partial charge on any atom is -0.340 e. The molecule has 0 saturated carbocycles. The Morgan fingerprint density at radius 1 is 1.25 bits per heavy atom. The number of fused-ring (bicyclic) bond motifs is 1. The number of carbonyl (C=O) groups is 1. The van der Waals surface area contributed by atoms with Crippen LogP contribution in [0.5, 0.6) is 0 Å². The standard InChI is InChI=1S/C24H25FN6O/c1-15-12-19(9-6-17(15)13-26)28-22-21(16-4-7-18(25)8-5-16)29-23-24(2,3)31(20(32)14-27)11-10-30(22)23/h4-9,12,28H,10-11,14,27H2,1-3H3. The summed E-state index contributed by atoms with van der Waals surface area (Å²) in [7, 11) is 0. The van der Waals surface area contributed by atoms with Gasteiger partial charge in [0.25, 0.3) is 0 Å². The van der Waals surface area contributed by atoms with E-state index in [9.17, 15) is 14.4 Å². The molecule has 4 rings (SSSR count). The summed E-state index contributed by atoms with van der Waals surface area (Å²) in [6.07, 6.45) is 0. The number of amides is 1. The van der Waals surface area contributed by atoms with Gasteiger partial charge < -0.3 is 20.5 Å². The molecule has 0 aliphatic carbocycles. The van der Waals surface area contributed by atoms with Crippen molar-refractivity contribution in [3.8, 4) is 17.3 Å². The van der Waals surface area contributed by atoms with E-state index >= 15 is 0 Å². The van der Waals surface area contributed by atoms with Crippen LogP contribution < -0.4 is 11.1 Å². The molecular formula is C24H25FN6O. The third-order valence-electron chi connectivity index (χ3n) is 5.94. The van der Waals surface area contributed by atoms with Crippen molar-refractivity contribution in [2.24, 2.45) is 5.73 Å². The van der Waals surface area contributed by atoms with Gasteiger partial charge in [0.2, 0.25) is 5.91 Å². The van der Waals surface area contributed by atoms with Crippen LogP contribution in [0.15, 0.2) is 42.5 Å². The average molecular weight is 433 g/mol. The van der Waals surface area contributed by atoms with Gasteiger partial charge in [0.15, 0.2) is 0 Å². The van der Waals surface area contributed by atoms with Crippen LogP contribution in [0.4, 0.5) is 15.9 Å². The number of nitrogens with zero attached hydrogens (tertiary/aromatic N) is 4. The predicted octanol–water partition coefficient (Wildman–Crippen LogP) is 3.65. The number of aryl methyl sites for hydroxylation is 1. The second-order valence-electron chi connectivity index (χ2n) is 8.37. The second kappa shape index (κ2) is 8.09. The molecular weight excluding hydrogens is 407 g/mol. The predicted molar refractivity (Wildman–Crippen MR) is 121 cm³/mol. The lowest BCUT2D eigenvalue weighted by Gasteiger charge is -2.42. The molecule has 0 unspecified atom stereocenters. The third-order valence-corrected chi connectivity index (χ3v) is 5.94. The number of aromatic nitrogens is 2. The summed E-state index contributed by atoms with van der Waals surface area (Å²) in [4.78, 5) is 19.1.